The molecule has 0 bridgehead atoms. The lowest BCUT2D eigenvalue weighted by molar-refractivity contribution is 0.575. The molecule has 1 aliphatic heterocycles. The molecule has 0 saturated heterocycles. The van der Waals surface area contributed by atoms with E-state index in [1.807, 2.05) is 7.05 Å². The molecular formula is C14H20N6. The lowest BCUT2D eigenvalue weighted by Crippen LogP contribution is -2.33. The van der Waals surface area contributed by atoms with E-state index >= 15 is 0 Å². The van der Waals surface area contributed by atoms with E-state index in [1.165, 1.54) is 11.4 Å². The van der Waals surface area contributed by atoms with Crippen LogP contribution in [0.25, 0.3) is 0 Å². The molecule has 0 saturated carbocycles. The van der Waals surface area contributed by atoms with Crippen molar-refractivity contribution in [3.05, 3.63) is 30.1 Å². The summed E-state index contributed by atoms with van der Waals surface area (Å²) in [5.74, 6) is 0.885. The third-order valence-corrected chi connectivity index (χ3v) is 4.04. The zero-order valence-corrected chi connectivity index (χ0v) is 12.2. The summed E-state index contributed by atoms with van der Waals surface area (Å²) in [4.78, 5) is 4.71. The van der Waals surface area contributed by atoms with Gasteiger partial charge in [0.1, 0.15) is 0 Å². The number of benzene rings is 1. The molecule has 2 heterocycles. The number of hydrogen-bond donors (Lipinski definition) is 0. The first-order valence-corrected chi connectivity index (χ1v) is 6.95. The molecule has 0 radical (unpaired) electrons. The fourth-order valence-electron chi connectivity index (χ4n) is 2.70. The maximum atomic E-state index is 4.11. The van der Waals surface area contributed by atoms with Gasteiger partial charge in [-0.15, -0.1) is 5.10 Å². The minimum atomic E-state index is 0.456. The molecule has 1 aliphatic rings. The van der Waals surface area contributed by atoms with Gasteiger partial charge in [-0.2, -0.15) is 0 Å². The van der Waals surface area contributed by atoms with Gasteiger partial charge in [0, 0.05) is 26.7 Å². The van der Waals surface area contributed by atoms with Crippen molar-refractivity contribution in [2.75, 3.05) is 23.4 Å². The van der Waals surface area contributed by atoms with Crippen LogP contribution in [0.1, 0.15) is 19.2 Å². The van der Waals surface area contributed by atoms with Crippen LogP contribution in [0.15, 0.2) is 24.3 Å². The van der Waals surface area contributed by atoms with Crippen molar-refractivity contribution < 1.29 is 0 Å². The molecule has 20 heavy (non-hydrogen) atoms. The summed E-state index contributed by atoms with van der Waals surface area (Å²) in [6.07, 6.45) is 1.12. The van der Waals surface area contributed by atoms with E-state index in [-0.39, 0.29) is 0 Å². The highest BCUT2D eigenvalue weighted by molar-refractivity contribution is 5.72. The molecule has 0 spiro atoms. The smallest absolute Gasteiger partial charge is 0.170 e. The van der Waals surface area contributed by atoms with Gasteiger partial charge in [-0.05, 0) is 35.9 Å². The number of aryl methyl sites for hydroxylation is 1. The van der Waals surface area contributed by atoms with Crippen LogP contribution < -0.4 is 9.80 Å². The summed E-state index contributed by atoms with van der Waals surface area (Å²) in [5, 5.41) is 11.8. The predicted molar refractivity (Wildman–Crippen MR) is 78.8 cm³/mol. The average molecular weight is 272 g/mol. The van der Waals surface area contributed by atoms with Crippen LogP contribution in [0, 0.1) is 0 Å². The monoisotopic (exact) mass is 272 g/mol. The molecule has 3 rings (SSSR count). The number of aromatic nitrogens is 4. The Kier molecular flexibility index (Phi) is 3.30. The van der Waals surface area contributed by atoms with Gasteiger partial charge in [0.05, 0.1) is 17.9 Å². The zero-order valence-electron chi connectivity index (χ0n) is 12.2. The van der Waals surface area contributed by atoms with Crippen LogP contribution >= 0.6 is 0 Å². The molecule has 6 nitrogen and oxygen atoms in total. The van der Waals surface area contributed by atoms with Gasteiger partial charge in [-0.1, -0.05) is 12.1 Å². The number of nitrogens with zero attached hydrogens (tertiary/aromatic N) is 6. The number of hydrogen-bond acceptors (Lipinski definition) is 5. The van der Waals surface area contributed by atoms with Crippen molar-refractivity contribution in [1.82, 2.24) is 20.2 Å². The van der Waals surface area contributed by atoms with Gasteiger partial charge < -0.3 is 9.80 Å². The summed E-state index contributed by atoms with van der Waals surface area (Å²) < 4.78 is 1.74. The van der Waals surface area contributed by atoms with Crippen LogP contribution in [0.5, 0.6) is 0 Å². The molecule has 6 heteroatoms. The van der Waals surface area contributed by atoms with Gasteiger partial charge in [-0.25, -0.2) is 4.68 Å². The standard InChI is InChI=1S/C14H20N6/c1-11-8-9-18(2)12-6-4-5-7-13(12)20(11)10-14-15-16-17-19(14)3/h4-7,11H,8-10H2,1-3H3. The first-order valence-electron chi connectivity index (χ1n) is 6.95. The minimum Gasteiger partial charge on any atom is -0.373 e. The number of tetrazole rings is 1. The Hall–Kier alpha value is -2.11. The minimum absolute atomic E-state index is 0.456. The maximum absolute atomic E-state index is 4.11. The third kappa shape index (κ3) is 2.21. The van der Waals surface area contributed by atoms with E-state index in [0.29, 0.717) is 6.04 Å². The Balaban J connectivity index is 1.99. The predicted octanol–water partition coefficient (Wildman–Crippen LogP) is 1.45. The highest BCUT2D eigenvalue weighted by Gasteiger charge is 2.24. The number of anilines is 2. The molecular weight excluding hydrogens is 252 g/mol. The lowest BCUT2D eigenvalue weighted by atomic mass is 10.2. The van der Waals surface area contributed by atoms with Crippen LogP contribution in [-0.2, 0) is 13.6 Å². The summed E-state index contributed by atoms with van der Waals surface area (Å²) in [6.45, 7) is 4.06. The molecule has 0 aliphatic carbocycles. The van der Waals surface area contributed by atoms with Crippen LogP contribution in [0.3, 0.4) is 0 Å². The molecule has 0 amide bonds. The maximum Gasteiger partial charge on any atom is 0.170 e. The normalized spacial score (nSPS) is 18.9. The zero-order chi connectivity index (χ0) is 14.1. The summed E-state index contributed by atoms with van der Waals surface area (Å²) >= 11 is 0. The second kappa shape index (κ2) is 5.11. The van der Waals surface area contributed by atoms with Crippen molar-refractivity contribution >= 4 is 11.4 Å². The summed E-state index contributed by atoms with van der Waals surface area (Å²) in [6, 6.07) is 8.99. The van der Waals surface area contributed by atoms with E-state index in [0.717, 1.165) is 25.3 Å². The number of rotatable bonds is 2. The van der Waals surface area contributed by atoms with E-state index in [2.05, 4.69) is 63.6 Å². The van der Waals surface area contributed by atoms with E-state index in [9.17, 15) is 0 Å². The quantitative estimate of drug-likeness (QED) is 0.828. The molecule has 1 aromatic heterocycles. The fourth-order valence-corrected chi connectivity index (χ4v) is 2.70. The van der Waals surface area contributed by atoms with Crippen molar-refractivity contribution in [3.8, 4) is 0 Å². The highest BCUT2D eigenvalue weighted by atomic mass is 15.5. The van der Waals surface area contributed by atoms with Crippen LogP contribution in [0.4, 0.5) is 11.4 Å². The second-order valence-electron chi connectivity index (χ2n) is 5.39. The van der Waals surface area contributed by atoms with Crippen molar-refractivity contribution in [2.24, 2.45) is 7.05 Å². The highest BCUT2D eigenvalue weighted by Crippen LogP contribution is 2.34. The van der Waals surface area contributed by atoms with Crippen LogP contribution in [0.2, 0.25) is 0 Å². The summed E-state index contributed by atoms with van der Waals surface area (Å²) in [5.41, 5.74) is 2.52. The first-order chi connectivity index (χ1) is 9.66. The van der Waals surface area contributed by atoms with Gasteiger partial charge in [0.2, 0.25) is 0 Å². The lowest BCUT2D eigenvalue weighted by Gasteiger charge is -2.29. The van der Waals surface area contributed by atoms with Gasteiger partial charge in [0.25, 0.3) is 0 Å². The Morgan fingerprint density at radius 1 is 1.20 bits per heavy atom. The Morgan fingerprint density at radius 3 is 2.65 bits per heavy atom. The Labute approximate surface area is 119 Å². The number of para-hydroxylation sites is 2. The van der Waals surface area contributed by atoms with Gasteiger partial charge >= 0.3 is 0 Å². The van der Waals surface area contributed by atoms with Crippen molar-refractivity contribution in [2.45, 2.75) is 25.9 Å². The average Bonchev–Trinajstić information content (AvgIpc) is 2.82. The molecule has 106 valence electrons. The van der Waals surface area contributed by atoms with Crippen molar-refractivity contribution in [1.29, 1.82) is 0 Å². The van der Waals surface area contributed by atoms with E-state index in [4.69, 9.17) is 0 Å². The fraction of sp³-hybridized carbons (Fsp3) is 0.500. The Bertz CT molecular complexity index is 593. The molecule has 1 aromatic carbocycles. The third-order valence-electron chi connectivity index (χ3n) is 4.04. The van der Waals surface area contributed by atoms with E-state index in [1.54, 1.807) is 4.68 Å². The van der Waals surface area contributed by atoms with Gasteiger partial charge in [0.15, 0.2) is 5.82 Å². The second-order valence-corrected chi connectivity index (χ2v) is 5.39. The van der Waals surface area contributed by atoms with E-state index < -0.39 is 0 Å². The molecule has 0 N–H and O–H groups in total. The summed E-state index contributed by atoms with van der Waals surface area (Å²) in [7, 11) is 4.04. The first kappa shape index (κ1) is 12.9. The SMILES string of the molecule is CC1CCN(C)c2ccccc2N1Cc1nnnn1C. The molecule has 1 unspecified atom stereocenters. The molecule has 1 atom stereocenters. The van der Waals surface area contributed by atoms with Gasteiger partial charge in [-0.3, -0.25) is 0 Å². The van der Waals surface area contributed by atoms with Crippen molar-refractivity contribution in [3.63, 3.8) is 0 Å². The number of fused-ring (bicyclic) bond motifs is 1. The Morgan fingerprint density at radius 2 is 1.95 bits per heavy atom. The largest absolute Gasteiger partial charge is 0.373 e. The van der Waals surface area contributed by atoms with Crippen LogP contribution in [-0.4, -0.2) is 39.8 Å². The molecule has 0 fully saturated rings. The molecule has 2 aromatic rings. The topological polar surface area (TPSA) is 50.1 Å².